The minimum atomic E-state index is -0.841. The van der Waals surface area contributed by atoms with Crippen LogP contribution in [0.2, 0.25) is 0 Å². The first-order chi connectivity index (χ1) is 38.3. The molecule has 30 heteroatoms. The fraction of sp³-hybridized carbons (Fsp3) is 0.831. The molecule has 0 aromatic heterocycles. The van der Waals surface area contributed by atoms with E-state index in [4.69, 9.17) is 65.7 Å². The molecule has 0 spiro atoms. The number of esters is 6. The molecule has 0 aliphatic carbocycles. The van der Waals surface area contributed by atoms with E-state index in [1.807, 2.05) is 71.1 Å². The third kappa shape index (κ3) is 83.2. The van der Waals surface area contributed by atoms with Gasteiger partial charge in [-0.25, -0.2) is 9.59 Å². The van der Waals surface area contributed by atoms with Crippen LogP contribution in [-0.4, -0.2) is 121 Å². The summed E-state index contributed by atoms with van der Waals surface area (Å²) in [6.45, 7) is 44.4. The van der Waals surface area contributed by atoms with Crippen molar-refractivity contribution in [3.8, 4) is 0 Å². The number of amides is 2. The van der Waals surface area contributed by atoms with Crippen molar-refractivity contribution < 1.29 is 294 Å². The van der Waals surface area contributed by atoms with Crippen LogP contribution in [0.25, 0.3) is 0 Å². The van der Waals surface area contributed by atoms with Gasteiger partial charge in [-0.2, -0.15) is 0 Å². The number of aliphatic carboxylic acids is 1. The van der Waals surface area contributed by atoms with Crippen molar-refractivity contribution in [1.29, 1.82) is 0 Å². The monoisotopic (exact) mass is 1780 g/mol. The van der Waals surface area contributed by atoms with E-state index in [1.165, 1.54) is 0 Å². The molecule has 24 nitrogen and oxygen atoms in total. The van der Waals surface area contributed by atoms with Gasteiger partial charge in [0.2, 0.25) is 13.6 Å². The van der Waals surface area contributed by atoms with E-state index >= 15 is 0 Å². The fourth-order valence-corrected chi connectivity index (χ4v) is 6.30. The van der Waals surface area contributed by atoms with Gasteiger partial charge < -0.3 is 94.9 Å². The normalized spacial score (nSPS) is 11.8. The van der Waals surface area contributed by atoms with Gasteiger partial charge in [0, 0.05) is 25.9 Å². The molecule has 0 aromatic rings. The van der Waals surface area contributed by atoms with Crippen molar-refractivity contribution in [2.24, 2.45) is 62.9 Å². The number of carbonyl (C=O) groups excluding carboxylic acids is 9. The van der Waals surface area contributed by atoms with E-state index in [0.717, 1.165) is 19.3 Å². The molecule has 0 rings (SSSR count). The number of nitrogens with two attached hydrogens (primary N) is 1. The SMILES string of the molecule is CC(C)(C)C(=O)OCCl.CC(C)(C)C(=O)OCI.CC(C)C[C@H](CN)CC(=O)OCOC(=O)C(C)(C)C.CC(C)C[C@H](CNC(=O)OC(C)(C)C)CC(=O)O.CC(C)C[C@H](CNC(=O)OC(C)(C)C)CC(=O)OCOC(=O)C(C)(C)C.O=CO[O-].[Cs+].[Cs+].[H-].[I-].[Na+]. The number of alkyl carbamates (subject to hydrolysis) is 2. The first-order valence-electron chi connectivity index (χ1n) is 28.0. The van der Waals surface area contributed by atoms with Crippen LogP contribution >= 0.6 is 34.2 Å². The van der Waals surface area contributed by atoms with Crippen LogP contribution in [0, 0.1) is 57.2 Å². The molecule has 3 atom stereocenters. The van der Waals surface area contributed by atoms with E-state index in [9.17, 15) is 43.2 Å². The largest absolute Gasteiger partial charge is 1.00 e. The summed E-state index contributed by atoms with van der Waals surface area (Å²) in [5.41, 5.74) is 2.46. The van der Waals surface area contributed by atoms with E-state index in [0.29, 0.717) is 42.0 Å². The summed E-state index contributed by atoms with van der Waals surface area (Å²) in [4.78, 5) is 113. The first kappa shape index (κ1) is 111. The van der Waals surface area contributed by atoms with Crippen molar-refractivity contribution in [3.05, 3.63) is 0 Å². The summed E-state index contributed by atoms with van der Waals surface area (Å²) in [6, 6.07) is -0.0594. The second-order valence-electron chi connectivity index (χ2n) is 26.9. The van der Waals surface area contributed by atoms with E-state index in [-0.39, 0.29) is 272 Å². The number of carbonyl (C=O) groups is 10. The Hall–Kier alpha value is 1.07. The van der Waals surface area contributed by atoms with Crippen LogP contribution in [-0.2, 0) is 81.1 Å². The molecule has 0 saturated carbocycles. The van der Waals surface area contributed by atoms with E-state index in [2.05, 4.69) is 34.1 Å². The first-order valence-corrected chi connectivity index (χ1v) is 30.1. The third-order valence-electron chi connectivity index (χ3n) is 9.67. The van der Waals surface area contributed by atoms with Gasteiger partial charge in [-0.05, 0) is 209 Å². The maximum absolute atomic E-state index is 12.0. The number of alkyl halides is 2. The molecule has 0 aliphatic heterocycles. The van der Waals surface area contributed by atoms with Crippen LogP contribution in [0.3, 0.4) is 0 Å². The van der Waals surface area contributed by atoms with Gasteiger partial charge in [0.25, 0.3) is 6.47 Å². The molecular formula is C59H111ClCs2I2N3NaO21. The Morgan fingerprint density at radius 2 is 0.798 bits per heavy atom. The summed E-state index contributed by atoms with van der Waals surface area (Å²) >= 11 is 7.16. The van der Waals surface area contributed by atoms with Crippen molar-refractivity contribution in [3.63, 3.8) is 0 Å². The van der Waals surface area contributed by atoms with Crippen LogP contribution in [0.5, 0.6) is 0 Å². The zero-order chi connectivity index (χ0) is 68.3. The number of ether oxygens (including phenoxy) is 8. The van der Waals surface area contributed by atoms with E-state index in [1.54, 1.807) is 104 Å². The predicted molar refractivity (Wildman–Crippen MR) is 330 cm³/mol. The van der Waals surface area contributed by atoms with Crippen LogP contribution in [0.4, 0.5) is 9.59 Å². The number of hydrogen-bond acceptors (Lipinski definition) is 21. The average Bonchev–Trinajstić information content (AvgIpc) is 3.30. The van der Waals surface area contributed by atoms with Crippen molar-refractivity contribution >= 4 is 94.6 Å². The Bertz CT molecular complexity index is 1920. The Kier molecular flexibility index (Phi) is 75.5. The molecule has 0 fully saturated rings. The molecule has 0 radical (unpaired) electrons. The second kappa shape index (κ2) is 60.3. The van der Waals surface area contributed by atoms with Gasteiger partial charge >= 0.3 is 221 Å². The van der Waals surface area contributed by atoms with Crippen LogP contribution in [0.15, 0.2) is 0 Å². The molecule has 512 valence electrons. The summed E-state index contributed by atoms with van der Waals surface area (Å²) in [6.07, 6.45) is 1.83. The van der Waals surface area contributed by atoms with Gasteiger partial charge in [0.05, 0.1) is 28.1 Å². The number of hydrogen-bond donors (Lipinski definition) is 4. The maximum atomic E-state index is 12.0. The average molecular weight is 1780 g/mol. The Labute approximate surface area is 710 Å². The van der Waals surface area contributed by atoms with E-state index < -0.39 is 70.3 Å². The minimum Gasteiger partial charge on any atom is -1.00 e. The third-order valence-corrected chi connectivity index (χ3v) is 10.1. The molecule has 89 heavy (non-hydrogen) atoms. The summed E-state index contributed by atoms with van der Waals surface area (Å²) in [5, 5.41) is 22.6. The number of carboxylic acid groups (broad SMARTS) is 1. The zero-order valence-electron chi connectivity index (χ0n) is 60.1. The summed E-state index contributed by atoms with van der Waals surface area (Å²) in [7, 11) is 0. The van der Waals surface area contributed by atoms with Crippen LogP contribution in [0.1, 0.15) is 206 Å². The second-order valence-corrected chi connectivity index (χ2v) is 27.7. The topological polar surface area (TPSA) is 347 Å². The van der Waals surface area contributed by atoms with Crippen LogP contribution < -0.4 is 213 Å². The Balaban J connectivity index is -0.0000000977. The van der Waals surface area contributed by atoms with Gasteiger partial charge in [-0.1, -0.05) is 53.1 Å². The minimum absolute atomic E-state index is 0. The van der Waals surface area contributed by atoms with Gasteiger partial charge in [-0.3, -0.25) is 38.4 Å². The number of carboxylic acids is 1. The smallest absolute Gasteiger partial charge is 1.00 e. The van der Waals surface area contributed by atoms with Gasteiger partial charge in [0.1, 0.15) is 15.8 Å². The zero-order valence-corrected chi connectivity index (χ0v) is 78.7. The Morgan fingerprint density at radius 1 is 0.528 bits per heavy atom. The summed E-state index contributed by atoms with van der Waals surface area (Å²) in [5.74, 6) is -1.72. The standard InChI is InChI=1S/C19H35NO6.C14H27NO4.C13H25NO4.C6H11ClO2.C6H11IO2.CH2O3.2Cs.HI.Na.H/c1-13(2)9-14(11-20-17(23)26-19(6,7)8)10-15(21)24-12-25-16(22)18(3,4)5;1-10(2)6-11(8-15)7-12(16)18-9-19-13(17)14(3,4)5;1-9(2)6-10(7-11(15)16)8-14-12(17)18-13(3,4)5;2*1-6(2,3)5(8)9-4-7;2-1-4-3;;;;;/h13-14H,9-12H2,1-8H3,(H,20,23);10-11H,6-9,15H2,1-5H3;9-10H,6-8H2,1-5H3,(H,14,17)(H,15,16);2*4H2,1-3H3;1,3H;;;1H;;/q;;;;;;2*+1;;+1;-1/p-2/t14-;11-;10-;;;;;;;;/m000......../s1. The van der Waals surface area contributed by atoms with Gasteiger partial charge in [0.15, 0.2) is 6.07 Å². The molecule has 0 bridgehead atoms. The predicted octanol–water partition coefficient (Wildman–Crippen LogP) is -1.31. The van der Waals surface area contributed by atoms with Crippen molar-refractivity contribution in [2.45, 2.75) is 216 Å². The Morgan fingerprint density at radius 3 is 1.01 bits per heavy atom. The summed E-state index contributed by atoms with van der Waals surface area (Å²) < 4.78 is 39.7. The molecule has 5 N–H and O–H groups in total. The van der Waals surface area contributed by atoms with Crippen molar-refractivity contribution in [2.75, 3.05) is 43.9 Å². The number of rotatable bonds is 24. The van der Waals surface area contributed by atoms with Gasteiger partial charge in [-0.15, -0.1) is 0 Å². The molecule has 0 saturated heterocycles. The molecule has 2 amide bonds. The quantitative estimate of drug-likeness (QED) is 0.0100. The molecular weight excluding hydrogens is 1660 g/mol. The molecule has 0 heterocycles. The number of halogens is 3. The van der Waals surface area contributed by atoms with Crippen molar-refractivity contribution in [1.82, 2.24) is 10.6 Å². The number of nitrogens with one attached hydrogen (secondary N) is 2. The molecule has 0 aliphatic rings. The fourth-order valence-electron chi connectivity index (χ4n) is 5.92. The molecule has 0 aromatic carbocycles. The maximum Gasteiger partial charge on any atom is 1.00 e. The molecule has 0 unspecified atom stereocenters.